The van der Waals surface area contributed by atoms with Gasteiger partial charge in [-0.1, -0.05) is 37.6 Å². The fourth-order valence-corrected chi connectivity index (χ4v) is 3.06. The number of nitrogens with zero attached hydrogens (tertiary/aromatic N) is 1. The van der Waals surface area contributed by atoms with Crippen LogP contribution in [-0.4, -0.2) is 23.2 Å². The zero-order valence-corrected chi connectivity index (χ0v) is 12.4. The zero-order valence-electron chi connectivity index (χ0n) is 11.5. The molecule has 1 aromatic heterocycles. The molecular formula is C15H17NO3S. The third-order valence-electron chi connectivity index (χ3n) is 2.93. The highest BCUT2D eigenvalue weighted by molar-refractivity contribution is 7.17. The fraction of sp³-hybridized carbons (Fsp3) is 0.333. The molecule has 0 fully saturated rings. The van der Waals surface area contributed by atoms with E-state index >= 15 is 0 Å². The van der Waals surface area contributed by atoms with Gasteiger partial charge in [-0.25, -0.2) is 9.78 Å². The Morgan fingerprint density at radius 3 is 2.80 bits per heavy atom. The largest absolute Gasteiger partial charge is 0.477 e. The first-order chi connectivity index (χ1) is 9.67. The van der Waals surface area contributed by atoms with Crippen molar-refractivity contribution < 1.29 is 14.6 Å². The van der Waals surface area contributed by atoms with E-state index in [0.717, 1.165) is 22.6 Å². The molecule has 5 heteroatoms. The number of benzene rings is 1. The molecule has 0 aliphatic rings. The summed E-state index contributed by atoms with van der Waals surface area (Å²) in [4.78, 5) is 16.2. The molecule has 2 rings (SSSR count). The van der Waals surface area contributed by atoms with Gasteiger partial charge in [-0.3, -0.25) is 0 Å². The van der Waals surface area contributed by atoms with Gasteiger partial charge in [0.05, 0.1) is 12.3 Å². The van der Waals surface area contributed by atoms with Crippen molar-refractivity contribution in [3.8, 4) is 10.6 Å². The molecule has 1 aromatic carbocycles. The Morgan fingerprint density at radius 2 is 2.15 bits per heavy atom. The van der Waals surface area contributed by atoms with Gasteiger partial charge < -0.3 is 9.84 Å². The molecule has 0 aliphatic carbocycles. The fourth-order valence-electron chi connectivity index (χ4n) is 2.05. The molecule has 0 aliphatic heterocycles. The molecule has 20 heavy (non-hydrogen) atoms. The molecular weight excluding hydrogens is 274 g/mol. The minimum atomic E-state index is -0.901. The van der Waals surface area contributed by atoms with Gasteiger partial charge in [0, 0.05) is 12.7 Å². The Bertz CT molecular complexity index is 607. The first kappa shape index (κ1) is 14.7. The number of aromatic carboxylic acids is 1. The van der Waals surface area contributed by atoms with Crippen LogP contribution in [0.15, 0.2) is 24.3 Å². The molecule has 106 valence electrons. The number of aryl methyl sites for hydroxylation is 1. The molecule has 2 aromatic rings. The first-order valence-corrected chi connectivity index (χ1v) is 7.29. The van der Waals surface area contributed by atoms with Crippen molar-refractivity contribution in [3.05, 3.63) is 40.4 Å². The van der Waals surface area contributed by atoms with E-state index in [1.807, 2.05) is 31.2 Å². The van der Waals surface area contributed by atoms with Crippen LogP contribution >= 0.6 is 11.3 Å². The highest BCUT2D eigenvalue weighted by Crippen LogP contribution is 2.31. The number of carbonyl (C=O) groups is 1. The Kier molecular flexibility index (Phi) is 4.87. The topological polar surface area (TPSA) is 59.4 Å². The lowest BCUT2D eigenvalue weighted by Gasteiger charge is -2.05. The Balaban J connectivity index is 2.47. The molecule has 1 heterocycles. The van der Waals surface area contributed by atoms with E-state index in [-0.39, 0.29) is 0 Å². The van der Waals surface area contributed by atoms with E-state index in [9.17, 15) is 9.90 Å². The molecule has 0 unspecified atom stereocenters. The van der Waals surface area contributed by atoms with Crippen LogP contribution in [0.4, 0.5) is 0 Å². The minimum Gasteiger partial charge on any atom is -0.477 e. The summed E-state index contributed by atoms with van der Waals surface area (Å²) in [6, 6.07) is 7.79. The Hall–Kier alpha value is -1.72. The Morgan fingerprint density at radius 1 is 1.40 bits per heavy atom. The van der Waals surface area contributed by atoms with Crippen LogP contribution < -0.4 is 0 Å². The molecule has 0 amide bonds. The van der Waals surface area contributed by atoms with Gasteiger partial charge in [0.25, 0.3) is 0 Å². The lowest BCUT2D eigenvalue weighted by Crippen LogP contribution is -1.98. The van der Waals surface area contributed by atoms with Crippen LogP contribution in [-0.2, 0) is 17.8 Å². The number of methoxy groups -OCH3 is 1. The van der Waals surface area contributed by atoms with Gasteiger partial charge in [-0.05, 0) is 12.0 Å². The molecule has 0 atom stereocenters. The molecule has 0 saturated heterocycles. The normalized spacial score (nSPS) is 10.7. The maximum atomic E-state index is 11.3. The van der Waals surface area contributed by atoms with Crippen molar-refractivity contribution >= 4 is 17.3 Å². The molecule has 0 saturated carbocycles. The summed E-state index contributed by atoms with van der Waals surface area (Å²) in [5, 5.41) is 10.0. The van der Waals surface area contributed by atoms with Crippen LogP contribution in [0, 0.1) is 0 Å². The summed E-state index contributed by atoms with van der Waals surface area (Å²) in [5.74, 6) is -0.901. The molecule has 0 bridgehead atoms. The van der Waals surface area contributed by atoms with Gasteiger partial charge in [0.2, 0.25) is 0 Å². The number of hydrogen-bond donors (Lipinski definition) is 1. The van der Waals surface area contributed by atoms with Gasteiger partial charge in [-0.2, -0.15) is 0 Å². The lowest BCUT2D eigenvalue weighted by molar-refractivity contribution is 0.0700. The van der Waals surface area contributed by atoms with E-state index in [1.54, 1.807) is 7.11 Å². The third-order valence-corrected chi connectivity index (χ3v) is 4.04. The zero-order chi connectivity index (χ0) is 14.5. The van der Waals surface area contributed by atoms with Crippen molar-refractivity contribution in [1.82, 2.24) is 4.98 Å². The van der Waals surface area contributed by atoms with E-state index in [1.165, 1.54) is 11.3 Å². The number of carboxylic acid groups (broad SMARTS) is 1. The van der Waals surface area contributed by atoms with Gasteiger partial charge in [0.1, 0.15) is 9.88 Å². The maximum absolute atomic E-state index is 11.3. The van der Waals surface area contributed by atoms with Crippen LogP contribution in [0.1, 0.15) is 34.3 Å². The van der Waals surface area contributed by atoms with Crippen LogP contribution in [0.2, 0.25) is 0 Å². The van der Waals surface area contributed by atoms with E-state index in [0.29, 0.717) is 23.6 Å². The van der Waals surface area contributed by atoms with Crippen molar-refractivity contribution in [2.45, 2.75) is 26.4 Å². The monoisotopic (exact) mass is 291 g/mol. The second-order valence-electron chi connectivity index (χ2n) is 4.44. The average molecular weight is 291 g/mol. The van der Waals surface area contributed by atoms with Crippen LogP contribution in [0.3, 0.4) is 0 Å². The molecule has 0 spiro atoms. The number of aromatic nitrogens is 1. The first-order valence-electron chi connectivity index (χ1n) is 6.47. The molecule has 1 N–H and O–H groups in total. The Labute approximate surface area is 122 Å². The highest BCUT2D eigenvalue weighted by Gasteiger charge is 2.18. The number of thiazole rings is 1. The second-order valence-corrected chi connectivity index (χ2v) is 5.44. The third kappa shape index (κ3) is 3.05. The smallest absolute Gasteiger partial charge is 0.347 e. The summed E-state index contributed by atoms with van der Waals surface area (Å²) in [7, 11) is 1.64. The average Bonchev–Trinajstić information content (AvgIpc) is 2.84. The highest BCUT2D eigenvalue weighted by atomic mass is 32.1. The van der Waals surface area contributed by atoms with Crippen molar-refractivity contribution in [2.24, 2.45) is 0 Å². The van der Waals surface area contributed by atoms with Gasteiger partial charge in [-0.15, -0.1) is 11.3 Å². The number of hydrogen-bond acceptors (Lipinski definition) is 4. The van der Waals surface area contributed by atoms with Crippen molar-refractivity contribution in [2.75, 3.05) is 7.11 Å². The number of ether oxygens (including phenoxy) is 1. The predicted octanol–water partition coefficient (Wildman–Crippen LogP) is 3.61. The lowest BCUT2D eigenvalue weighted by atomic mass is 10.1. The van der Waals surface area contributed by atoms with E-state index in [4.69, 9.17) is 4.74 Å². The van der Waals surface area contributed by atoms with Crippen molar-refractivity contribution in [1.29, 1.82) is 0 Å². The number of carboxylic acids is 1. The summed E-state index contributed by atoms with van der Waals surface area (Å²) in [6.45, 7) is 2.50. The quantitative estimate of drug-likeness (QED) is 0.883. The second kappa shape index (κ2) is 6.63. The SMILES string of the molecule is CCCc1nc(-c2ccccc2COC)sc1C(=O)O. The van der Waals surface area contributed by atoms with Gasteiger partial charge >= 0.3 is 5.97 Å². The standard InChI is InChI=1S/C15H17NO3S/c1-3-6-12-13(15(17)18)20-14(16-12)11-8-5-4-7-10(11)9-19-2/h4-5,7-8H,3,6,9H2,1-2H3,(H,17,18). The summed E-state index contributed by atoms with van der Waals surface area (Å²) in [5.41, 5.74) is 2.64. The maximum Gasteiger partial charge on any atom is 0.347 e. The van der Waals surface area contributed by atoms with E-state index < -0.39 is 5.97 Å². The summed E-state index contributed by atoms with van der Waals surface area (Å²) >= 11 is 1.23. The molecule has 4 nitrogen and oxygen atoms in total. The van der Waals surface area contributed by atoms with E-state index in [2.05, 4.69) is 4.98 Å². The van der Waals surface area contributed by atoms with Crippen molar-refractivity contribution in [3.63, 3.8) is 0 Å². The summed E-state index contributed by atoms with van der Waals surface area (Å²) < 4.78 is 5.18. The van der Waals surface area contributed by atoms with Crippen LogP contribution in [0.5, 0.6) is 0 Å². The van der Waals surface area contributed by atoms with Crippen LogP contribution in [0.25, 0.3) is 10.6 Å². The minimum absolute atomic E-state index is 0.342. The predicted molar refractivity (Wildman–Crippen MR) is 79.2 cm³/mol. The molecule has 0 radical (unpaired) electrons. The van der Waals surface area contributed by atoms with Gasteiger partial charge in [0.15, 0.2) is 0 Å². The summed E-state index contributed by atoms with van der Waals surface area (Å²) in [6.07, 6.45) is 1.56. The number of rotatable bonds is 6.